The quantitative estimate of drug-likeness (QED) is 0.302. The van der Waals surface area contributed by atoms with Gasteiger partial charge < -0.3 is 36.0 Å². The molecular weight excluding hydrogens is 381 g/mol. The molecule has 0 bridgehead atoms. The van der Waals surface area contributed by atoms with Crippen molar-refractivity contribution in [2.45, 2.75) is 42.8 Å². The largest absolute Gasteiger partial charge is 0.507 e. The number of carboxylic acids is 1. The van der Waals surface area contributed by atoms with Crippen LogP contribution in [0, 0.1) is 0 Å². The summed E-state index contributed by atoms with van der Waals surface area (Å²) in [5.74, 6) is -2.66. The minimum absolute atomic E-state index is 0.0877. The Labute approximate surface area is 167 Å². The van der Waals surface area contributed by atoms with Crippen LogP contribution in [0.1, 0.15) is 34.7 Å². The second kappa shape index (κ2) is 7.49. The molecular formula is C18H24BN3O7. The fourth-order valence-electron chi connectivity index (χ4n) is 4.33. The molecule has 7 N–H and O–H groups in total. The van der Waals surface area contributed by atoms with Crippen molar-refractivity contribution in [3.05, 3.63) is 23.3 Å². The summed E-state index contributed by atoms with van der Waals surface area (Å²) in [5.41, 5.74) is 5.40. The van der Waals surface area contributed by atoms with Gasteiger partial charge in [0, 0.05) is 31.5 Å². The van der Waals surface area contributed by atoms with E-state index in [9.17, 15) is 29.9 Å². The Balaban J connectivity index is 1.40. The van der Waals surface area contributed by atoms with E-state index in [4.69, 9.17) is 10.5 Å². The number of likely N-dealkylation sites (tertiary alicyclic amines) is 1. The van der Waals surface area contributed by atoms with Crippen LogP contribution in [0.3, 0.4) is 0 Å². The number of nitrogens with one attached hydrogen (secondary N) is 1. The maximum atomic E-state index is 11.7. The number of ether oxygens (including phenoxy) is 1. The molecule has 3 fully saturated rings. The smallest absolute Gasteiger partial charge is 0.455 e. The molecule has 2 saturated heterocycles. The molecule has 0 aromatic heterocycles. The lowest BCUT2D eigenvalue weighted by Gasteiger charge is -2.42. The van der Waals surface area contributed by atoms with Gasteiger partial charge in [0.05, 0.1) is 6.04 Å². The zero-order valence-corrected chi connectivity index (χ0v) is 15.7. The monoisotopic (exact) mass is 405 g/mol. The second-order valence-corrected chi connectivity index (χ2v) is 8.05. The van der Waals surface area contributed by atoms with Gasteiger partial charge in [0.1, 0.15) is 23.2 Å². The number of primary amides is 1. The van der Waals surface area contributed by atoms with Crippen LogP contribution < -0.4 is 15.8 Å². The molecule has 11 heteroatoms. The number of aromatic carboxylic acids is 1. The Bertz CT molecular complexity index is 830. The highest BCUT2D eigenvalue weighted by Crippen LogP contribution is 2.56. The fourth-order valence-corrected chi connectivity index (χ4v) is 4.33. The van der Waals surface area contributed by atoms with Crippen LogP contribution in [0.4, 0.5) is 0 Å². The van der Waals surface area contributed by atoms with Crippen LogP contribution >= 0.6 is 0 Å². The summed E-state index contributed by atoms with van der Waals surface area (Å²) in [4.78, 5) is 25.1. The number of amides is 1. The third-order valence-corrected chi connectivity index (χ3v) is 6.14. The van der Waals surface area contributed by atoms with Crippen LogP contribution in [0.2, 0.25) is 5.82 Å². The number of aromatic hydroxyl groups is 1. The predicted molar refractivity (Wildman–Crippen MR) is 102 cm³/mol. The van der Waals surface area contributed by atoms with Gasteiger partial charge in [-0.1, -0.05) is 6.07 Å². The number of nitrogens with zero attached hydrogens (tertiary/aromatic N) is 1. The van der Waals surface area contributed by atoms with E-state index in [-0.39, 0.29) is 47.1 Å². The molecule has 156 valence electrons. The molecule has 4 rings (SSSR count). The number of nitrogens with two attached hydrogens (primary N) is 1. The first kappa shape index (κ1) is 20.0. The number of carboxylic acid groups (broad SMARTS) is 1. The zero-order chi connectivity index (χ0) is 20.9. The molecule has 10 nitrogen and oxygen atoms in total. The zero-order valence-electron chi connectivity index (χ0n) is 15.7. The van der Waals surface area contributed by atoms with Gasteiger partial charge in [-0.3, -0.25) is 9.69 Å². The highest BCUT2D eigenvalue weighted by Gasteiger charge is 2.48. The van der Waals surface area contributed by atoms with Gasteiger partial charge in [-0.25, -0.2) is 4.79 Å². The van der Waals surface area contributed by atoms with Crippen molar-refractivity contribution in [2.75, 3.05) is 19.6 Å². The lowest BCUT2D eigenvalue weighted by atomic mass is 9.81. The summed E-state index contributed by atoms with van der Waals surface area (Å²) in [5, 5.41) is 41.6. The predicted octanol–water partition coefficient (Wildman–Crippen LogP) is -1.30. The minimum Gasteiger partial charge on any atom is -0.507 e. The Morgan fingerprint density at radius 2 is 1.97 bits per heavy atom. The number of rotatable bonds is 7. The molecule has 1 aliphatic carbocycles. The first-order chi connectivity index (χ1) is 13.8. The molecule has 1 aromatic carbocycles. The summed E-state index contributed by atoms with van der Waals surface area (Å²) in [6, 6.07) is 2.95. The van der Waals surface area contributed by atoms with Crippen LogP contribution in [-0.2, 0) is 4.79 Å². The van der Waals surface area contributed by atoms with E-state index in [0.29, 0.717) is 38.0 Å². The normalized spacial score (nSPS) is 29.3. The van der Waals surface area contributed by atoms with Gasteiger partial charge in [0.2, 0.25) is 5.91 Å². The SMILES string of the molecule is NC(=O)[C@H]1CC(N2CC(Oc3ccc(C4C[C@H]4B(O)O)c(O)c3C(=O)O)C2)CN1. The molecule has 2 unspecified atom stereocenters. The Morgan fingerprint density at radius 1 is 1.24 bits per heavy atom. The lowest BCUT2D eigenvalue weighted by Crippen LogP contribution is -2.58. The Hall–Kier alpha value is -2.34. The molecule has 2 heterocycles. The third-order valence-electron chi connectivity index (χ3n) is 6.14. The van der Waals surface area contributed by atoms with Crippen molar-refractivity contribution < 1.29 is 34.6 Å². The lowest BCUT2D eigenvalue weighted by molar-refractivity contribution is -0.119. The highest BCUT2D eigenvalue weighted by molar-refractivity contribution is 6.44. The van der Waals surface area contributed by atoms with Crippen LogP contribution in [0.15, 0.2) is 12.1 Å². The van der Waals surface area contributed by atoms with Crippen LogP contribution in [0.5, 0.6) is 11.5 Å². The Morgan fingerprint density at radius 3 is 2.52 bits per heavy atom. The van der Waals surface area contributed by atoms with Gasteiger partial charge in [0.25, 0.3) is 0 Å². The van der Waals surface area contributed by atoms with E-state index in [2.05, 4.69) is 10.2 Å². The molecule has 3 aliphatic rings. The van der Waals surface area contributed by atoms with Gasteiger partial charge in [-0.15, -0.1) is 0 Å². The summed E-state index contributed by atoms with van der Waals surface area (Å²) in [6.07, 6.45) is 0.889. The van der Waals surface area contributed by atoms with Crippen molar-refractivity contribution in [2.24, 2.45) is 5.73 Å². The molecule has 1 saturated carbocycles. The molecule has 29 heavy (non-hydrogen) atoms. The number of hydrogen-bond donors (Lipinski definition) is 6. The molecule has 2 aliphatic heterocycles. The van der Waals surface area contributed by atoms with E-state index in [1.807, 2.05) is 0 Å². The summed E-state index contributed by atoms with van der Waals surface area (Å²) >= 11 is 0. The van der Waals surface area contributed by atoms with Crippen molar-refractivity contribution in [1.29, 1.82) is 0 Å². The maximum Gasteiger partial charge on any atom is 0.455 e. The average molecular weight is 405 g/mol. The number of carbonyl (C=O) groups excluding carboxylic acids is 1. The minimum atomic E-state index is -1.50. The van der Waals surface area contributed by atoms with Gasteiger partial charge in [-0.2, -0.15) is 0 Å². The van der Waals surface area contributed by atoms with Crippen LogP contribution in [-0.4, -0.2) is 82.0 Å². The summed E-state index contributed by atoms with van der Waals surface area (Å²) in [7, 11) is -1.50. The fraction of sp³-hybridized carbons (Fsp3) is 0.556. The van der Waals surface area contributed by atoms with Gasteiger partial charge >= 0.3 is 13.1 Å². The van der Waals surface area contributed by atoms with Crippen molar-refractivity contribution in [1.82, 2.24) is 10.2 Å². The molecule has 0 spiro atoms. The topological polar surface area (TPSA) is 166 Å². The van der Waals surface area contributed by atoms with E-state index in [1.54, 1.807) is 6.07 Å². The average Bonchev–Trinajstić information content (AvgIpc) is 3.26. The first-order valence-electron chi connectivity index (χ1n) is 9.65. The number of hydrogen-bond acceptors (Lipinski definition) is 8. The van der Waals surface area contributed by atoms with E-state index in [0.717, 1.165) is 0 Å². The number of phenols is 1. The van der Waals surface area contributed by atoms with E-state index < -0.39 is 18.9 Å². The first-order valence-corrected chi connectivity index (χ1v) is 9.65. The van der Waals surface area contributed by atoms with Gasteiger partial charge in [-0.05, 0) is 30.4 Å². The van der Waals surface area contributed by atoms with Crippen molar-refractivity contribution in [3.63, 3.8) is 0 Å². The molecule has 4 atom stereocenters. The third kappa shape index (κ3) is 3.78. The molecule has 1 aromatic rings. The van der Waals surface area contributed by atoms with Crippen LogP contribution in [0.25, 0.3) is 0 Å². The molecule has 1 amide bonds. The standard InChI is InChI=1S/C18H24BN3O7/c20-17(24)13-3-8(5-21-13)22-6-9(7-22)29-14-2-1-10(11-4-12(11)19(27)28)16(23)15(14)18(25)26/h1-2,8-9,11-13,21,23,27-28H,3-7H2,(H2,20,24)(H,25,26)/t8?,11?,12-,13-/m1/s1. The van der Waals surface area contributed by atoms with E-state index >= 15 is 0 Å². The highest BCUT2D eigenvalue weighted by atomic mass is 16.5. The maximum absolute atomic E-state index is 11.7. The number of carbonyl (C=O) groups is 2. The summed E-state index contributed by atoms with van der Waals surface area (Å²) in [6.45, 7) is 1.83. The molecule has 0 radical (unpaired) electrons. The van der Waals surface area contributed by atoms with E-state index in [1.165, 1.54) is 6.07 Å². The summed E-state index contributed by atoms with van der Waals surface area (Å²) < 4.78 is 5.82. The van der Waals surface area contributed by atoms with Gasteiger partial charge in [0.15, 0.2) is 0 Å². The van der Waals surface area contributed by atoms with Crippen molar-refractivity contribution >= 4 is 19.0 Å². The Kier molecular flexibility index (Phi) is 5.15. The number of benzene rings is 1. The van der Waals surface area contributed by atoms with Crippen molar-refractivity contribution in [3.8, 4) is 11.5 Å². The second-order valence-electron chi connectivity index (χ2n) is 8.05.